The van der Waals surface area contributed by atoms with Crippen LogP contribution in [0.1, 0.15) is 53.9 Å². The first kappa shape index (κ1) is 23.6. The molecule has 0 unspecified atom stereocenters. The van der Waals surface area contributed by atoms with Crippen molar-refractivity contribution in [3.8, 4) is 0 Å². The van der Waals surface area contributed by atoms with Gasteiger partial charge in [-0.25, -0.2) is 14.8 Å². The minimum Gasteiger partial charge on any atom is -0.465 e. The van der Waals surface area contributed by atoms with E-state index in [1.165, 1.54) is 25.1 Å². The van der Waals surface area contributed by atoms with Gasteiger partial charge in [-0.1, -0.05) is 25.5 Å². The Morgan fingerprint density at radius 3 is 2.79 bits per heavy atom. The molecule has 178 valence electrons. The molecule has 1 aliphatic rings. The molecule has 0 saturated carbocycles. The normalized spacial score (nSPS) is 20.3. The maximum Gasteiger partial charge on any atom is 0.337 e. The van der Waals surface area contributed by atoms with E-state index in [9.17, 15) is 9.59 Å². The Morgan fingerprint density at radius 1 is 1.26 bits per heavy atom. The highest BCUT2D eigenvalue weighted by Crippen LogP contribution is 2.38. The van der Waals surface area contributed by atoms with E-state index in [0.29, 0.717) is 35.6 Å². The van der Waals surface area contributed by atoms with Crippen LogP contribution in [-0.4, -0.2) is 45.5 Å². The molecule has 0 aliphatic heterocycles. The van der Waals surface area contributed by atoms with Crippen molar-refractivity contribution in [2.75, 3.05) is 13.7 Å². The number of rotatable bonds is 7. The second kappa shape index (κ2) is 10.2. The lowest BCUT2D eigenvalue weighted by molar-refractivity contribution is 0.0600. The highest BCUT2D eigenvalue weighted by molar-refractivity contribution is 5.93. The third-order valence-electron chi connectivity index (χ3n) is 6.77. The Kier molecular flexibility index (Phi) is 7.05. The van der Waals surface area contributed by atoms with Gasteiger partial charge < -0.3 is 15.0 Å². The number of benzene rings is 1. The number of imidazole rings is 1. The first-order valence-electron chi connectivity index (χ1n) is 11.6. The monoisotopic (exact) mass is 461 g/mol. The van der Waals surface area contributed by atoms with Gasteiger partial charge in [0.2, 0.25) is 0 Å². The van der Waals surface area contributed by atoms with Gasteiger partial charge in [0.15, 0.2) is 0 Å². The summed E-state index contributed by atoms with van der Waals surface area (Å²) in [7, 11) is 1.38. The molecule has 1 aliphatic carbocycles. The molecule has 2 N–H and O–H groups in total. The summed E-state index contributed by atoms with van der Waals surface area (Å²) in [5, 5.41) is 3.03. The van der Waals surface area contributed by atoms with Crippen LogP contribution in [0.4, 0.5) is 0 Å². The van der Waals surface area contributed by atoms with Crippen LogP contribution in [-0.2, 0) is 11.2 Å². The molecule has 34 heavy (non-hydrogen) atoms. The van der Waals surface area contributed by atoms with Crippen LogP contribution >= 0.6 is 0 Å². The number of methoxy groups -OCH3 is 1. The lowest BCUT2D eigenvalue weighted by atomic mass is 9.70. The van der Waals surface area contributed by atoms with Gasteiger partial charge in [0.05, 0.1) is 29.9 Å². The van der Waals surface area contributed by atoms with E-state index >= 15 is 0 Å². The predicted molar refractivity (Wildman–Crippen MR) is 129 cm³/mol. The number of esters is 1. The van der Waals surface area contributed by atoms with Crippen LogP contribution in [0.15, 0.2) is 48.4 Å². The van der Waals surface area contributed by atoms with Crippen LogP contribution in [0, 0.1) is 23.7 Å². The van der Waals surface area contributed by atoms with Crippen molar-refractivity contribution in [3.05, 3.63) is 65.5 Å². The molecule has 8 nitrogen and oxygen atoms in total. The SMILES string of the molecule is COC(=O)c1ccc2nc(C[C@@H]3C[C@@H](C(C)C)[C@H](CNC(=O)c4cnccn4)C=C3C)[nH]c2c1. The molecular formula is C26H31N5O3. The number of hydrogen-bond acceptors (Lipinski definition) is 6. The Bertz CT molecular complexity index is 1200. The number of fused-ring (bicyclic) bond motifs is 1. The number of carbonyl (C=O) groups is 2. The average molecular weight is 462 g/mol. The van der Waals surface area contributed by atoms with E-state index in [2.05, 4.69) is 47.1 Å². The molecule has 8 heteroatoms. The summed E-state index contributed by atoms with van der Waals surface area (Å²) in [5.41, 5.74) is 3.82. The molecular weight excluding hydrogens is 430 g/mol. The number of allylic oxidation sites excluding steroid dienone is 1. The van der Waals surface area contributed by atoms with E-state index in [1.807, 2.05) is 6.07 Å². The molecule has 0 saturated heterocycles. The van der Waals surface area contributed by atoms with Gasteiger partial charge in [-0.05, 0) is 55.2 Å². The Balaban J connectivity index is 1.47. The zero-order chi connectivity index (χ0) is 24.2. The van der Waals surface area contributed by atoms with Gasteiger partial charge in [-0.2, -0.15) is 0 Å². The fourth-order valence-electron chi connectivity index (χ4n) is 4.86. The van der Waals surface area contributed by atoms with Crippen LogP contribution in [0.3, 0.4) is 0 Å². The molecule has 2 aromatic heterocycles. The summed E-state index contributed by atoms with van der Waals surface area (Å²) in [4.78, 5) is 40.5. The number of hydrogen-bond donors (Lipinski definition) is 2. The molecule has 2 heterocycles. The van der Waals surface area contributed by atoms with E-state index in [1.54, 1.807) is 18.3 Å². The van der Waals surface area contributed by atoms with Crippen molar-refractivity contribution >= 4 is 22.9 Å². The zero-order valence-electron chi connectivity index (χ0n) is 20.0. The highest BCUT2D eigenvalue weighted by Gasteiger charge is 2.32. The van der Waals surface area contributed by atoms with Gasteiger partial charge >= 0.3 is 5.97 Å². The largest absolute Gasteiger partial charge is 0.465 e. The molecule has 0 fully saturated rings. The lowest BCUT2D eigenvalue weighted by Gasteiger charge is -2.37. The van der Waals surface area contributed by atoms with Gasteiger partial charge in [0, 0.05) is 25.4 Å². The van der Waals surface area contributed by atoms with Gasteiger partial charge in [0.25, 0.3) is 5.91 Å². The van der Waals surface area contributed by atoms with E-state index in [0.717, 1.165) is 29.7 Å². The standard InChI is InChI=1S/C26H31N5O3/c1-15(2)20-10-18(12-24-30-21-6-5-17(26(33)34-4)11-22(21)31-24)16(3)9-19(20)13-29-25(32)23-14-27-7-8-28-23/h5-9,11,14-15,18-20H,10,12-13H2,1-4H3,(H,29,32)(H,30,31)/t18-,19-,20-/m0/s1. The van der Waals surface area contributed by atoms with E-state index in [4.69, 9.17) is 9.72 Å². The molecule has 0 spiro atoms. The smallest absolute Gasteiger partial charge is 0.337 e. The molecule has 3 aromatic rings. The summed E-state index contributed by atoms with van der Waals surface area (Å²) < 4.78 is 4.82. The summed E-state index contributed by atoms with van der Waals surface area (Å²) in [5.74, 6) is 1.88. The zero-order valence-corrected chi connectivity index (χ0v) is 20.0. The fraction of sp³-hybridized carbons (Fsp3) is 0.423. The number of H-pyrrole nitrogens is 1. The molecule has 0 radical (unpaired) electrons. The van der Waals surface area contributed by atoms with Gasteiger partial charge in [-0.15, -0.1) is 0 Å². The Morgan fingerprint density at radius 2 is 2.09 bits per heavy atom. The molecule has 1 amide bonds. The first-order valence-corrected chi connectivity index (χ1v) is 11.6. The molecule has 4 rings (SSSR count). The van der Waals surface area contributed by atoms with Crippen LogP contribution in [0.5, 0.6) is 0 Å². The van der Waals surface area contributed by atoms with Gasteiger partial charge in [0.1, 0.15) is 11.5 Å². The number of ether oxygens (including phenoxy) is 1. The molecule has 3 atom stereocenters. The number of aromatic amines is 1. The fourth-order valence-corrected chi connectivity index (χ4v) is 4.86. The van der Waals surface area contributed by atoms with E-state index in [-0.39, 0.29) is 17.8 Å². The summed E-state index contributed by atoms with van der Waals surface area (Å²) in [6.45, 7) is 7.21. The third-order valence-corrected chi connectivity index (χ3v) is 6.77. The maximum absolute atomic E-state index is 12.4. The quantitative estimate of drug-likeness (QED) is 0.407. The average Bonchev–Trinajstić information content (AvgIpc) is 3.25. The summed E-state index contributed by atoms with van der Waals surface area (Å²) >= 11 is 0. The van der Waals surface area contributed by atoms with Gasteiger partial charge in [-0.3, -0.25) is 9.78 Å². The minimum atomic E-state index is -0.360. The maximum atomic E-state index is 12.4. The van der Waals surface area contributed by atoms with Crippen molar-refractivity contribution in [2.45, 2.75) is 33.6 Å². The van der Waals surface area contributed by atoms with Crippen LogP contribution in [0.2, 0.25) is 0 Å². The lowest BCUT2D eigenvalue weighted by Crippen LogP contribution is -2.37. The molecule has 0 bridgehead atoms. The second-order valence-corrected chi connectivity index (χ2v) is 9.33. The van der Waals surface area contributed by atoms with Crippen molar-refractivity contribution in [1.82, 2.24) is 25.3 Å². The minimum absolute atomic E-state index is 0.197. The topological polar surface area (TPSA) is 110 Å². The first-order chi connectivity index (χ1) is 16.4. The Labute approximate surface area is 199 Å². The number of aromatic nitrogens is 4. The number of carbonyl (C=O) groups excluding carboxylic acids is 2. The second-order valence-electron chi connectivity index (χ2n) is 9.33. The number of amides is 1. The van der Waals surface area contributed by atoms with Crippen molar-refractivity contribution < 1.29 is 14.3 Å². The summed E-state index contributed by atoms with van der Waals surface area (Å²) in [6.07, 6.45) is 8.69. The summed E-state index contributed by atoms with van der Waals surface area (Å²) in [6, 6.07) is 5.37. The predicted octanol–water partition coefficient (Wildman–Crippen LogP) is 3.97. The third kappa shape index (κ3) is 5.16. The number of nitrogens with one attached hydrogen (secondary N) is 2. The van der Waals surface area contributed by atoms with Crippen LogP contribution in [0.25, 0.3) is 11.0 Å². The number of nitrogens with zero attached hydrogens (tertiary/aromatic N) is 3. The van der Waals surface area contributed by atoms with Crippen LogP contribution < -0.4 is 5.32 Å². The van der Waals surface area contributed by atoms with Crippen molar-refractivity contribution in [3.63, 3.8) is 0 Å². The van der Waals surface area contributed by atoms with Crippen molar-refractivity contribution in [2.24, 2.45) is 23.7 Å². The van der Waals surface area contributed by atoms with Crippen molar-refractivity contribution in [1.29, 1.82) is 0 Å². The highest BCUT2D eigenvalue weighted by atomic mass is 16.5. The molecule has 1 aromatic carbocycles. The van der Waals surface area contributed by atoms with E-state index < -0.39 is 0 Å². The Hall–Kier alpha value is -3.55.